The molecule has 0 bridgehead atoms. The molecule has 0 spiro atoms. The second kappa shape index (κ2) is 2.77. The molecule has 0 aromatic carbocycles. The monoisotopic (exact) mass is 130 g/mol. The molecule has 1 aliphatic rings. The summed E-state index contributed by atoms with van der Waals surface area (Å²) in [5.74, 6) is 0.998. The van der Waals surface area contributed by atoms with Crippen molar-refractivity contribution in [2.45, 2.75) is 37.9 Å². The lowest BCUT2D eigenvalue weighted by atomic mass is 10.1. The SMILES string of the molecule is CCC1CCC(S)C1. The van der Waals surface area contributed by atoms with E-state index in [2.05, 4.69) is 19.6 Å². The molecule has 48 valence electrons. The van der Waals surface area contributed by atoms with Crippen LogP contribution in [0.2, 0.25) is 0 Å². The zero-order chi connectivity index (χ0) is 5.98. The highest BCUT2D eigenvalue weighted by Crippen LogP contribution is 2.30. The molecular formula is C7H14S. The van der Waals surface area contributed by atoms with Crippen molar-refractivity contribution in [1.82, 2.24) is 0 Å². The Bertz CT molecular complexity index is 70.8. The third-order valence-electron chi connectivity index (χ3n) is 2.09. The fourth-order valence-corrected chi connectivity index (χ4v) is 1.87. The maximum atomic E-state index is 4.41. The van der Waals surface area contributed by atoms with Crippen molar-refractivity contribution < 1.29 is 0 Å². The lowest BCUT2D eigenvalue weighted by Gasteiger charge is -2.01. The lowest BCUT2D eigenvalue weighted by Crippen LogP contribution is -1.91. The van der Waals surface area contributed by atoms with E-state index in [1.807, 2.05) is 0 Å². The minimum Gasteiger partial charge on any atom is -0.176 e. The van der Waals surface area contributed by atoms with Gasteiger partial charge in [-0.2, -0.15) is 12.6 Å². The molecule has 0 heterocycles. The molecule has 0 nitrogen and oxygen atoms in total. The Labute approximate surface area is 57.1 Å². The van der Waals surface area contributed by atoms with E-state index in [0.717, 1.165) is 11.2 Å². The average molecular weight is 130 g/mol. The van der Waals surface area contributed by atoms with Crippen LogP contribution >= 0.6 is 12.6 Å². The second-order valence-corrected chi connectivity index (χ2v) is 3.47. The van der Waals surface area contributed by atoms with Crippen molar-refractivity contribution in [2.75, 3.05) is 0 Å². The maximum Gasteiger partial charge on any atom is 0.00195 e. The van der Waals surface area contributed by atoms with Gasteiger partial charge in [0.05, 0.1) is 0 Å². The van der Waals surface area contributed by atoms with Gasteiger partial charge in [-0.3, -0.25) is 0 Å². The molecule has 2 unspecified atom stereocenters. The minimum absolute atomic E-state index is 0.722. The maximum absolute atomic E-state index is 4.41. The van der Waals surface area contributed by atoms with Crippen LogP contribution in [-0.2, 0) is 0 Å². The summed E-state index contributed by atoms with van der Waals surface area (Å²) in [4.78, 5) is 0. The van der Waals surface area contributed by atoms with Crippen LogP contribution in [0, 0.1) is 5.92 Å². The normalized spacial score (nSPS) is 38.2. The smallest absolute Gasteiger partial charge is 0.00195 e. The summed E-state index contributed by atoms with van der Waals surface area (Å²) in [5, 5.41) is 0.722. The Kier molecular flexibility index (Phi) is 2.24. The van der Waals surface area contributed by atoms with Gasteiger partial charge in [-0.1, -0.05) is 13.3 Å². The van der Waals surface area contributed by atoms with Crippen molar-refractivity contribution in [3.05, 3.63) is 0 Å². The van der Waals surface area contributed by atoms with Crippen molar-refractivity contribution >= 4 is 12.6 Å². The first-order chi connectivity index (χ1) is 3.83. The first-order valence-corrected chi connectivity index (χ1v) is 4.02. The van der Waals surface area contributed by atoms with E-state index in [0.29, 0.717) is 0 Å². The lowest BCUT2D eigenvalue weighted by molar-refractivity contribution is 0.532. The van der Waals surface area contributed by atoms with Crippen molar-refractivity contribution in [1.29, 1.82) is 0 Å². The Hall–Kier alpha value is 0.350. The highest BCUT2D eigenvalue weighted by atomic mass is 32.1. The Balaban J connectivity index is 2.22. The molecule has 2 atom stereocenters. The van der Waals surface area contributed by atoms with Crippen molar-refractivity contribution in [3.8, 4) is 0 Å². The first kappa shape index (κ1) is 6.47. The molecule has 1 rings (SSSR count). The van der Waals surface area contributed by atoms with Gasteiger partial charge in [0.15, 0.2) is 0 Å². The van der Waals surface area contributed by atoms with Crippen LogP contribution < -0.4 is 0 Å². The van der Waals surface area contributed by atoms with Gasteiger partial charge in [0.1, 0.15) is 0 Å². The number of hydrogen-bond donors (Lipinski definition) is 1. The van der Waals surface area contributed by atoms with Gasteiger partial charge in [0.25, 0.3) is 0 Å². The summed E-state index contributed by atoms with van der Waals surface area (Å²) in [7, 11) is 0. The highest BCUT2D eigenvalue weighted by Gasteiger charge is 2.19. The van der Waals surface area contributed by atoms with E-state index in [4.69, 9.17) is 0 Å². The van der Waals surface area contributed by atoms with E-state index in [-0.39, 0.29) is 0 Å². The second-order valence-electron chi connectivity index (χ2n) is 2.74. The van der Waals surface area contributed by atoms with Crippen LogP contribution in [0.4, 0.5) is 0 Å². The Morgan fingerprint density at radius 3 is 2.50 bits per heavy atom. The Morgan fingerprint density at radius 1 is 1.50 bits per heavy atom. The van der Waals surface area contributed by atoms with Gasteiger partial charge in [-0.25, -0.2) is 0 Å². The van der Waals surface area contributed by atoms with Crippen LogP contribution in [0.5, 0.6) is 0 Å². The van der Waals surface area contributed by atoms with Crippen LogP contribution in [0.15, 0.2) is 0 Å². The van der Waals surface area contributed by atoms with Crippen LogP contribution in [-0.4, -0.2) is 5.25 Å². The topological polar surface area (TPSA) is 0 Å². The summed E-state index contributed by atoms with van der Waals surface area (Å²) < 4.78 is 0. The van der Waals surface area contributed by atoms with Crippen molar-refractivity contribution in [2.24, 2.45) is 5.92 Å². The molecule has 8 heavy (non-hydrogen) atoms. The molecule has 0 saturated heterocycles. The molecular weight excluding hydrogens is 116 g/mol. The van der Waals surface area contributed by atoms with E-state index >= 15 is 0 Å². The number of hydrogen-bond acceptors (Lipinski definition) is 1. The quantitative estimate of drug-likeness (QED) is 0.518. The van der Waals surface area contributed by atoms with Crippen molar-refractivity contribution in [3.63, 3.8) is 0 Å². The van der Waals surface area contributed by atoms with Gasteiger partial charge >= 0.3 is 0 Å². The standard InChI is InChI=1S/C7H14S/c1-2-6-3-4-7(8)5-6/h6-8H,2-5H2,1H3. The van der Waals surface area contributed by atoms with E-state index < -0.39 is 0 Å². The predicted molar refractivity (Wildman–Crippen MR) is 40.4 cm³/mol. The summed E-state index contributed by atoms with van der Waals surface area (Å²) in [6, 6.07) is 0. The molecule has 1 aliphatic carbocycles. The molecule has 0 radical (unpaired) electrons. The van der Waals surface area contributed by atoms with Crippen LogP contribution in [0.1, 0.15) is 32.6 Å². The summed E-state index contributed by atoms with van der Waals surface area (Å²) in [6.07, 6.45) is 5.49. The van der Waals surface area contributed by atoms with Crippen LogP contribution in [0.25, 0.3) is 0 Å². The van der Waals surface area contributed by atoms with Crippen LogP contribution in [0.3, 0.4) is 0 Å². The summed E-state index contributed by atoms with van der Waals surface area (Å²) >= 11 is 4.41. The fourth-order valence-electron chi connectivity index (χ4n) is 1.42. The first-order valence-electron chi connectivity index (χ1n) is 3.51. The zero-order valence-corrected chi connectivity index (χ0v) is 6.32. The minimum atomic E-state index is 0.722. The van der Waals surface area contributed by atoms with E-state index in [9.17, 15) is 0 Å². The summed E-state index contributed by atoms with van der Waals surface area (Å²) in [6.45, 7) is 2.27. The fraction of sp³-hybridized carbons (Fsp3) is 1.00. The molecule has 1 heteroatoms. The third kappa shape index (κ3) is 1.41. The molecule has 1 fully saturated rings. The molecule has 0 amide bonds. The molecule has 0 aliphatic heterocycles. The predicted octanol–water partition coefficient (Wildman–Crippen LogP) is 2.49. The molecule has 0 N–H and O–H groups in total. The largest absolute Gasteiger partial charge is 0.176 e. The molecule has 1 saturated carbocycles. The highest BCUT2D eigenvalue weighted by molar-refractivity contribution is 7.80. The van der Waals surface area contributed by atoms with Gasteiger partial charge < -0.3 is 0 Å². The number of rotatable bonds is 1. The zero-order valence-electron chi connectivity index (χ0n) is 5.43. The van der Waals surface area contributed by atoms with Gasteiger partial charge in [-0.15, -0.1) is 0 Å². The van der Waals surface area contributed by atoms with Gasteiger partial charge in [0.2, 0.25) is 0 Å². The molecule has 0 aromatic rings. The summed E-state index contributed by atoms with van der Waals surface area (Å²) in [5.41, 5.74) is 0. The van der Waals surface area contributed by atoms with E-state index in [1.54, 1.807) is 0 Å². The third-order valence-corrected chi connectivity index (χ3v) is 2.56. The Morgan fingerprint density at radius 2 is 2.25 bits per heavy atom. The average Bonchev–Trinajstić information content (AvgIpc) is 2.14. The molecule has 0 aromatic heterocycles. The van der Waals surface area contributed by atoms with Gasteiger partial charge in [-0.05, 0) is 25.2 Å². The number of thiol groups is 1. The van der Waals surface area contributed by atoms with E-state index in [1.165, 1.54) is 25.7 Å². The van der Waals surface area contributed by atoms with Gasteiger partial charge in [0, 0.05) is 5.25 Å².